The fourth-order valence-electron chi connectivity index (χ4n) is 14.4. The molecular weight excluding hydrogens is 1020 g/mol. The average molecular weight is 1080 g/mol. The van der Waals surface area contributed by atoms with Crippen LogP contribution in [0.3, 0.4) is 0 Å². The number of fused-ring (bicyclic) bond motifs is 14. The Morgan fingerprint density at radius 3 is 0.714 bits per heavy atom. The van der Waals surface area contributed by atoms with E-state index in [1.54, 1.807) is 0 Å². The Bertz CT molecular complexity index is 5250. The van der Waals surface area contributed by atoms with Gasteiger partial charge in [0.2, 0.25) is 0 Å². The predicted octanol–water partition coefficient (Wildman–Crippen LogP) is 18.7. The van der Waals surface area contributed by atoms with E-state index in [-0.39, 0.29) is 10.8 Å². The third-order valence-corrected chi connectivity index (χ3v) is 19.6. The van der Waals surface area contributed by atoms with E-state index in [9.17, 15) is 0 Å². The van der Waals surface area contributed by atoms with Crippen LogP contribution in [0.4, 0.5) is 0 Å². The van der Waals surface area contributed by atoms with Gasteiger partial charge in [0.1, 0.15) is 0 Å². The van der Waals surface area contributed by atoms with Crippen molar-refractivity contribution in [3.63, 3.8) is 0 Å². The van der Waals surface area contributed by atoms with Crippen LogP contribution in [0, 0.1) is 10.8 Å². The highest BCUT2D eigenvalue weighted by Gasteiger charge is 2.28. The van der Waals surface area contributed by atoms with Crippen molar-refractivity contribution >= 4 is 154 Å². The summed E-state index contributed by atoms with van der Waals surface area (Å²) in [7, 11) is 0. The second kappa shape index (κ2) is 19.2. The van der Waals surface area contributed by atoms with Gasteiger partial charge >= 0.3 is 0 Å². The molecule has 17 rings (SSSR count). The maximum atomic E-state index is 6.59. The second-order valence-corrected chi connectivity index (χ2v) is 25.0. The summed E-state index contributed by atoms with van der Waals surface area (Å²) in [5.74, 6) is 0. The Labute approximate surface area is 487 Å². The van der Waals surface area contributed by atoms with Gasteiger partial charge in [0.25, 0.3) is 0 Å². The second-order valence-electron chi connectivity index (χ2n) is 25.0. The molecule has 0 heterocycles. The van der Waals surface area contributed by atoms with Crippen LogP contribution in [0.15, 0.2) is 218 Å². The van der Waals surface area contributed by atoms with E-state index < -0.39 is 0 Å². The van der Waals surface area contributed by atoms with Gasteiger partial charge < -0.3 is 9.47 Å². The van der Waals surface area contributed by atoms with Gasteiger partial charge in [-0.2, -0.15) is 0 Å². The fraction of sp³-hybridized carbons (Fsp3) is 0.146. The summed E-state index contributed by atoms with van der Waals surface area (Å²) in [6.07, 6.45) is 13.9. The molecule has 402 valence electrons. The molecule has 2 aliphatic carbocycles. The number of ether oxygens (including phenoxy) is 2. The van der Waals surface area contributed by atoms with Crippen molar-refractivity contribution in [2.45, 2.75) is 52.7 Å². The summed E-state index contributed by atoms with van der Waals surface area (Å²) in [5, 5.41) is 36.0. The topological polar surface area (TPSA) is 18.5 Å². The molecule has 0 saturated carbocycles. The van der Waals surface area contributed by atoms with Crippen molar-refractivity contribution in [2.75, 3.05) is 13.2 Å². The van der Waals surface area contributed by atoms with Crippen molar-refractivity contribution in [2.24, 2.45) is 10.8 Å². The summed E-state index contributed by atoms with van der Waals surface area (Å²) in [6, 6.07) is 83.1. The largest absolute Gasteiger partial charge is 0.376 e. The van der Waals surface area contributed by atoms with Gasteiger partial charge in [-0.3, -0.25) is 0 Å². The van der Waals surface area contributed by atoms with Gasteiger partial charge in [0.15, 0.2) is 0 Å². The quantitative estimate of drug-likeness (QED) is 0.127. The number of rotatable bonds is 10. The van der Waals surface area contributed by atoms with Gasteiger partial charge in [0.05, 0.1) is 26.4 Å². The predicted molar refractivity (Wildman–Crippen MR) is 360 cm³/mol. The summed E-state index contributed by atoms with van der Waals surface area (Å²) >= 11 is 0. The van der Waals surface area contributed by atoms with Crippen LogP contribution in [-0.4, -0.2) is 13.2 Å². The summed E-state index contributed by atoms with van der Waals surface area (Å²) in [5.41, 5.74) is 2.27. The van der Waals surface area contributed by atoms with Crippen molar-refractivity contribution < 1.29 is 9.47 Å². The number of hydrogen-bond donors (Lipinski definition) is 0. The normalized spacial score (nSPS) is 17.0. The minimum atomic E-state index is -0.0526. The summed E-state index contributed by atoms with van der Waals surface area (Å²) in [6.45, 7) is 7.14. The van der Waals surface area contributed by atoms with Crippen LogP contribution in [0.25, 0.3) is 154 Å². The van der Waals surface area contributed by atoms with Gasteiger partial charge in [-0.25, -0.2) is 0 Å². The lowest BCUT2D eigenvalue weighted by Crippen LogP contribution is -2.36. The van der Waals surface area contributed by atoms with Crippen molar-refractivity contribution in [1.82, 2.24) is 0 Å². The Morgan fingerprint density at radius 2 is 0.476 bits per heavy atom. The minimum absolute atomic E-state index is 0.0526. The summed E-state index contributed by atoms with van der Waals surface area (Å²) in [4.78, 5) is 0. The highest BCUT2D eigenvalue weighted by molar-refractivity contribution is 6.14. The maximum Gasteiger partial charge on any atom is 0.0717 e. The standard InChI is InChI=1S/C82H62O2/c1-3-81(19-17-57-25-63-31-69-37-71-33-65-27-59-21-53-9-5-7-11-55(53)23-61(59)29-67(65)35-73(71)39-75(69)41-77(63)43-79(57)45-81)49-83-47-51-13-15-52(16-14-51)48-84-50-82(4-2)20-18-58-26-64-32-70-38-72-34-66-28-60-22-54-10-6-8-12-56(54)24-62(60)30-68(66)36-74(72)40-76(70)42-78(64)44-80(58)46-82/h5-18,21-46H,3-4,19-20,47-50H2,1-2H3. The van der Waals surface area contributed by atoms with E-state index >= 15 is 0 Å². The van der Waals surface area contributed by atoms with E-state index in [2.05, 4.69) is 257 Å². The molecule has 2 heteroatoms. The maximum absolute atomic E-state index is 6.59. The fourth-order valence-corrected chi connectivity index (χ4v) is 14.4. The number of benzene rings is 15. The zero-order chi connectivity index (χ0) is 55.7. The lowest BCUT2D eigenvalue weighted by molar-refractivity contribution is 0.0621. The lowest BCUT2D eigenvalue weighted by Gasteiger charge is -2.30. The van der Waals surface area contributed by atoms with Crippen LogP contribution in [0.2, 0.25) is 0 Å². The van der Waals surface area contributed by atoms with E-state index in [1.165, 1.54) is 161 Å². The molecule has 0 aliphatic heterocycles. The molecule has 2 unspecified atom stereocenters. The Morgan fingerprint density at radius 1 is 0.262 bits per heavy atom. The molecule has 0 spiro atoms. The molecule has 0 amide bonds. The SMILES string of the molecule is CCC1(COCc2ccc(COCC3(CC)C=c4cc5cc6cc7cc8cc9cc%10ccccc%10cc9cc8cc7cc6cc5cc4=CC3)cc2)C=c2cc3cc4cc5cc6cc7cc8ccccc8cc7cc6cc5cc4cc3cc2=CC1. The molecule has 0 N–H and O–H groups in total. The van der Waals surface area contributed by atoms with Crippen molar-refractivity contribution in [1.29, 1.82) is 0 Å². The van der Waals surface area contributed by atoms with Crippen LogP contribution in [-0.2, 0) is 22.7 Å². The van der Waals surface area contributed by atoms with Gasteiger partial charge in [-0.1, -0.05) is 111 Å². The molecule has 0 bridgehead atoms. The van der Waals surface area contributed by atoms with E-state index in [4.69, 9.17) is 9.47 Å². The lowest BCUT2D eigenvalue weighted by atomic mass is 9.78. The van der Waals surface area contributed by atoms with Crippen LogP contribution >= 0.6 is 0 Å². The van der Waals surface area contributed by atoms with Gasteiger partial charge in [0, 0.05) is 10.8 Å². The zero-order valence-electron chi connectivity index (χ0n) is 47.6. The molecule has 15 aromatic carbocycles. The molecule has 0 saturated heterocycles. The molecule has 0 fully saturated rings. The molecule has 2 atom stereocenters. The van der Waals surface area contributed by atoms with Crippen LogP contribution in [0.1, 0.15) is 50.7 Å². The highest BCUT2D eigenvalue weighted by atomic mass is 16.5. The average Bonchev–Trinajstić information content (AvgIpc) is 2.96. The molecular formula is C82H62O2. The molecule has 0 radical (unpaired) electrons. The van der Waals surface area contributed by atoms with E-state index in [0.717, 1.165) is 25.7 Å². The molecule has 15 aromatic rings. The molecule has 0 aromatic heterocycles. The van der Waals surface area contributed by atoms with E-state index in [1.807, 2.05) is 0 Å². The molecule has 2 nitrogen and oxygen atoms in total. The van der Waals surface area contributed by atoms with Crippen LogP contribution in [0.5, 0.6) is 0 Å². The first-order chi connectivity index (χ1) is 41.2. The first-order valence-corrected chi connectivity index (χ1v) is 30.3. The van der Waals surface area contributed by atoms with Gasteiger partial charge in [-0.05, 0) is 333 Å². The van der Waals surface area contributed by atoms with Crippen molar-refractivity contribution in [3.05, 3.63) is 250 Å². The first kappa shape index (κ1) is 49.4. The Hall–Kier alpha value is -9.18. The van der Waals surface area contributed by atoms with Crippen molar-refractivity contribution in [3.8, 4) is 0 Å². The zero-order valence-corrected chi connectivity index (χ0v) is 47.6. The summed E-state index contributed by atoms with van der Waals surface area (Å²) < 4.78 is 13.2. The first-order valence-electron chi connectivity index (χ1n) is 30.3. The Balaban J connectivity index is 0.564. The monoisotopic (exact) mass is 1080 g/mol. The third-order valence-electron chi connectivity index (χ3n) is 19.6. The minimum Gasteiger partial charge on any atom is -0.376 e. The van der Waals surface area contributed by atoms with Crippen LogP contribution < -0.4 is 20.9 Å². The molecule has 2 aliphatic rings. The number of hydrogen-bond acceptors (Lipinski definition) is 2. The smallest absolute Gasteiger partial charge is 0.0717 e. The van der Waals surface area contributed by atoms with Gasteiger partial charge in [-0.15, -0.1) is 0 Å². The third kappa shape index (κ3) is 8.61. The highest BCUT2D eigenvalue weighted by Crippen LogP contribution is 2.38. The van der Waals surface area contributed by atoms with E-state index in [0.29, 0.717) is 26.4 Å². The Kier molecular flexibility index (Phi) is 11.3. The molecule has 84 heavy (non-hydrogen) atoms.